The molecule has 0 amide bonds. The zero-order valence-corrected chi connectivity index (χ0v) is 13.2. The van der Waals surface area contributed by atoms with Crippen LogP contribution >= 0.6 is 0 Å². The minimum atomic E-state index is 0.236. The monoisotopic (exact) mass is 264 g/mol. The largest absolute Gasteiger partial charge is 0.496 e. The topological polar surface area (TPSA) is 38.5 Å². The van der Waals surface area contributed by atoms with Gasteiger partial charge in [0.05, 0.1) is 7.11 Å². The fourth-order valence-corrected chi connectivity index (χ4v) is 2.36. The lowest BCUT2D eigenvalue weighted by atomic mass is 9.95. The van der Waals surface area contributed by atoms with Crippen molar-refractivity contribution in [1.29, 1.82) is 0 Å². The van der Waals surface area contributed by atoms with E-state index < -0.39 is 0 Å². The van der Waals surface area contributed by atoms with E-state index in [2.05, 4.69) is 51.9 Å². The Hall–Kier alpha value is -1.06. The number of hydrogen-bond acceptors (Lipinski definition) is 3. The lowest BCUT2D eigenvalue weighted by molar-refractivity contribution is 0.266. The molecule has 0 heterocycles. The molecule has 1 aromatic carbocycles. The Bertz CT molecular complexity index is 413. The third-order valence-corrected chi connectivity index (χ3v) is 3.72. The summed E-state index contributed by atoms with van der Waals surface area (Å²) in [5.74, 6) is 0.978. The number of hydrogen-bond donors (Lipinski definition) is 1. The lowest BCUT2D eigenvalue weighted by Crippen LogP contribution is -2.24. The zero-order valence-electron chi connectivity index (χ0n) is 13.2. The van der Waals surface area contributed by atoms with Crippen molar-refractivity contribution in [3.8, 4) is 5.75 Å². The van der Waals surface area contributed by atoms with Gasteiger partial charge in [-0.2, -0.15) is 0 Å². The van der Waals surface area contributed by atoms with Gasteiger partial charge in [0.2, 0.25) is 0 Å². The predicted molar refractivity (Wildman–Crippen MR) is 81.8 cm³/mol. The summed E-state index contributed by atoms with van der Waals surface area (Å²) >= 11 is 0. The molecule has 0 saturated heterocycles. The second-order valence-electron chi connectivity index (χ2n) is 5.71. The molecule has 3 heteroatoms. The highest BCUT2D eigenvalue weighted by molar-refractivity contribution is 5.43. The van der Waals surface area contributed by atoms with Crippen LogP contribution in [0, 0.1) is 13.8 Å². The summed E-state index contributed by atoms with van der Waals surface area (Å²) in [6.45, 7) is 6.33. The van der Waals surface area contributed by atoms with Gasteiger partial charge in [-0.05, 0) is 64.9 Å². The van der Waals surface area contributed by atoms with Crippen LogP contribution in [0.3, 0.4) is 0 Å². The van der Waals surface area contributed by atoms with Crippen molar-refractivity contribution in [2.45, 2.75) is 45.7 Å². The van der Waals surface area contributed by atoms with Gasteiger partial charge in [0.25, 0.3) is 0 Å². The number of ether oxygens (including phenoxy) is 1. The molecule has 1 aromatic rings. The van der Waals surface area contributed by atoms with Crippen molar-refractivity contribution in [1.82, 2.24) is 4.90 Å². The Balaban J connectivity index is 3.10. The van der Waals surface area contributed by atoms with E-state index in [0.29, 0.717) is 6.04 Å². The average molecular weight is 264 g/mol. The normalized spacial score (nSPS) is 14.5. The van der Waals surface area contributed by atoms with Gasteiger partial charge >= 0.3 is 0 Å². The molecule has 2 atom stereocenters. The zero-order chi connectivity index (χ0) is 14.6. The molecule has 0 saturated carbocycles. The van der Waals surface area contributed by atoms with Crippen LogP contribution < -0.4 is 10.5 Å². The number of rotatable bonds is 6. The fraction of sp³-hybridized carbons (Fsp3) is 0.625. The average Bonchev–Trinajstić information content (AvgIpc) is 2.32. The van der Waals surface area contributed by atoms with Gasteiger partial charge in [0.1, 0.15) is 5.75 Å². The van der Waals surface area contributed by atoms with Crippen LogP contribution in [-0.4, -0.2) is 32.1 Å². The molecule has 1 rings (SSSR count). The quantitative estimate of drug-likeness (QED) is 0.858. The van der Waals surface area contributed by atoms with Crippen molar-refractivity contribution in [2.75, 3.05) is 21.2 Å². The van der Waals surface area contributed by atoms with Crippen molar-refractivity contribution >= 4 is 0 Å². The third kappa shape index (κ3) is 4.22. The predicted octanol–water partition coefficient (Wildman–Crippen LogP) is 3.04. The molecule has 2 N–H and O–H groups in total. The maximum atomic E-state index is 5.89. The summed E-state index contributed by atoms with van der Waals surface area (Å²) < 4.78 is 5.56. The maximum Gasteiger partial charge on any atom is 0.123 e. The SMILES string of the molecule is COc1cc(C)c(C)cc1C(CCC(C)N)N(C)C. The van der Waals surface area contributed by atoms with E-state index >= 15 is 0 Å². The summed E-state index contributed by atoms with van der Waals surface area (Å²) in [7, 11) is 5.97. The Morgan fingerprint density at radius 1 is 1.16 bits per heavy atom. The third-order valence-electron chi connectivity index (χ3n) is 3.72. The van der Waals surface area contributed by atoms with Crippen LogP contribution in [-0.2, 0) is 0 Å². The summed E-state index contributed by atoms with van der Waals surface area (Å²) in [5, 5.41) is 0. The smallest absolute Gasteiger partial charge is 0.123 e. The molecular formula is C16H28N2O. The van der Waals surface area contributed by atoms with E-state index in [1.54, 1.807) is 7.11 Å². The molecule has 0 fully saturated rings. The molecule has 0 spiro atoms. The Kier molecular flexibility index (Phi) is 5.83. The van der Waals surface area contributed by atoms with Crippen molar-refractivity contribution < 1.29 is 4.74 Å². The van der Waals surface area contributed by atoms with E-state index in [9.17, 15) is 0 Å². The lowest BCUT2D eigenvalue weighted by Gasteiger charge is -2.27. The van der Waals surface area contributed by atoms with E-state index in [4.69, 9.17) is 10.5 Å². The highest BCUT2D eigenvalue weighted by Gasteiger charge is 2.19. The van der Waals surface area contributed by atoms with Crippen LogP contribution in [0.5, 0.6) is 5.75 Å². The van der Waals surface area contributed by atoms with Crippen molar-refractivity contribution in [3.05, 3.63) is 28.8 Å². The standard InChI is InChI=1S/C16H28N2O/c1-11-9-14(16(19-6)10-12(11)2)15(18(4)5)8-7-13(3)17/h9-10,13,15H,7-8,17H2,1-6H3. The number of nitrogens with two attached hydrogens (primary N) is 1. The highest BCUT2D eigenvalue weighted by Crippen LogP contribution is 2.33. The van der Waals surface area contributed by atoms with Gasteiger partial charge in [-0.1, -0.05) is 6.07 Å². The highest BCUT2D eigenvalue weighted by atomic mass is 16.5. The van der Waals surface area contributed by atoms with Gasteiger partial charge in [0.15, 0.2) is 0 Å². The van der Waals surface area contributed by atoms with E-state index in [0.717, 1.165) is 18.6 Å². The summed E-state index contributed by atoms with van der Waals surface area (Å²) in [4.78, 5) is 2.25. The molecule has 0 radical (unpaired) electrons. The first-order valence-corrected chi connectivity index (χ1v) is 6.94. The maximum absolute atomic E-state index is 5.89. The molecular weight excluding hydrogens is 236 g/mol. The van der Waals surface area contributed by atoms with E-state index in [1.165, 1.54) is 16.7 Å². The number of methoxy groups -OCH3 is 1. The molecule has 0 aromatic heterocycles. The minimum absolute atomic E-state index is 0.236. The molecule has 0 aliphatic carbocycles. The first kappa shape index (κ1) is 16.0. The van der Waals surface area contributed by atoms with Crippen LogP contribution in [0.4, 0.5) is 0 Å². The van der Waals surface area contributed by atoms with Crippen LogP contribution in [0.2, 0.25) is 0 Å². The summed E-state index contributed by atoms with van der Waals surface area (Å²) in [6, 6.07) is 4.97. The molecule has 108 valence electrons. The van der Waals surface area contributed by atoms with Crippen molar-refractivity contribution in [3.63, 3.8) is 0 Å². The van der Waals surface area contributed by atoms with Gasteiger partial charge in [-0.25, -0.2) is 0 Å². The van der Waals surface area contributed by atoms with Gasteiger partial charge in [0, 0.05) is 17.6 Å². The van der Waals surface area contributed by atoms with Crippen LogP contribution in [0.1, 0.15) is 42.5 Å². The fourth-order valence-electron chi connectivity index (χ4n) is 2.36. The first-order valence-electron chi connectivity index (χ1n) is 6.94. The van der Waals surface area contributed by atoms with Crippen molar-refractivity contribution in [2.24, 2.45) is 5.73 Å². The van der Waals surface area contributed by atoms with Gasteiger partial charge < -0.3 is 15.4 Å². The van der Waals surface area contributed by atoms with Gasteiger partial charge in [-0.3, -0.25) is 0 Å². The molecule has 3 nitrogen and oxygen atoms in total. The molecule has 0 bridgehead atoms. The van der Waals surface area contributed by atoms with Gasteiger partial charge in [-0.15, -0.1) is 0 Å². The second-order valence-corrected chi connectivity index (χ2v) is 5.71. The Morgan fingerprint density at radius 3 is 2.21 bits per heavy atom. The summed E-state index contributed by atoms with van der Waals surface area (Å²) in [5.41, 5.74) is 9.73. The Morgan fingerprint density at radius 2 is 1.74 bits per heavy atom. The second kappa shape index (κ2) is 6.92. The van der Waals surface area contributed by atoms with Crippen LogP contribution in [0.15, 0.2) is 12.1 Å². The Labute approximate surface area is 117 Å². The van der Waals surface area contributed by atoms with Crippen LogP contribution in [0.25, 0.3) is 0 Å². The first-order chi connectivity index (χ1) is 8.86. The van der Waals surface area contributed by atoms with E-state index in [-0.39, 0.29) is 6.04 Å². The summed E-state index contributed by atoms with van der Waals surface area (Å²) in [6.07, 6.45) is 2.06. The molecule has 19 heavy (non-hydrogen) atoms. The van der Waals surface area contributed by atoms with E-state index in [1.807, 2.05) is 0 Å². The molecule has 0 aliphatic heterocycles. The molecule has 0 aliphatic rings. The molecule has 2 unspecified atom stereocenters. The number of benzene rings is 1. The minimum Gasteiger partial charge on any atom is -0.496 e. The number of nitrogens with zero attached hydrogens (tertiary/aromatic N) is 1. The number of aryl methyl sites for hydroxylation is 2.